The highest BCUT2D eigenvalue weighted by molar-refractivity contribution is 8.00. The molecule has 1 fully saturated rings. The van der Waals surface area contributed by atoms with Crippen LogP contribution in [0.2, 0.25) is 0 Å². The van der Waals surface area contributed by atoms with Crippen molar-refractivity contribution in [3.63, 3.8) is 0 Å². The quantitative estimate of drug-likeness (QED) is 0.310. The van der Waals surface area contributed by atoms with Gasteiger partial charge in [-0.1, -0.05) is 42.5 Å². The SMILES string of the molecule is O=C(CSc1ccc2ccccc2c1)N1CCN(S(=O)(=O)c2ccccc2[N+](=O)[O-])CC1. The summed E-state index contributed by atoms with van der Waals surface area (Å²) in [4.78, 5) is 25.5. The molecule has 166 valence electrons. The molecule has 0 atom stereocenters. The second kappa shape index (κ2) is 9.27. The molecule has 1 aliphatic rings. The van der Waals surface area contributed by atoms with Crippen LogP contribution in [-0.4, -0.2) is 60.4 Å². The summed E-state index contributed by atoms with van der Waals surface area (Å²) in [5.74, 6) is 0.195. The van der Waals surface area contributed by atoms with Gasteiger partial charge in [0.05, 0.1) is 10.7 Å². The van der Waals surface area contributed by atoms with Gasteiger partial charge in [-0.05, 0) is 29.0 Å². The van der Waals surface area contributed by atoms with E-state index in [-0.39, 0.29) is 42.7 Å². The molecule has 8 nitrogen and oxygen atoms in total. The summed E-state index contributed by atoms with van der Waals surface area (Å²) in [7, 11) is -4.01. The van der Waals surface area contributed by atoms with Crippen molar-refractivity contribution in [1.29, 1.82) is 0 Å². The van der Waals surface area contributed by atoms with Crippen LogP contribution in [-0.2, 0) is 14.8 Å². The normalized spacial score (nSPS) is 15.1. The molecule has 10 heteroatoms. The number of nitrogens with zero attached hydrogens (tertiary/aromatic N) is 3. The smallest absolute Gasteiger partial charge is 0.289 e. The Balaban J connectivity index is 1.36. The van der Waals surface area contributed by atoms with E-state index in [1.54, 1.807) is 4.90 Å². The van der Waals surface area contributed by atoms with Crippen LogP contribution in [0.15, 0.2) is 76.5 Å². The van der Waals surface area contributed by atoms with Gasteiger partial charge in [0.15, 0.2) is 4.90 Å². The van der Waals surface area contributed by atoms with E-state index in [1.807, 2.05) is 42.5 Å². The summed E-state index contributed by atoms with van der Waals surface area (Å²) in [5, 5.41) is 13.5. The summed E-state index contributed by atoms with van der Waals surface area (Å²) >= 11 is 1.45. The number of benzene rings is 3. The molecule has 0 radical (unpaired) electrons. The number of carbonyl (C=O) groups excluding carboxylic acids is 1. The average Bonchev–Trinajstić information content (AvgIpc) is 2.82. The van der Waals surface area contributed by atoms with Crippen molar-refractivity contribution in [2.75, 3.05) is 31.9 Å². The number of hydrogen-bond acceptors (Lipinski definition) is 6. The van der Waals surface area contributed by atoms with Gasteiger partial charge in [0.25, 0.3) is 5.69 Å². The van der Waals surface area contributed by atoms with Crippen molar-refractivity contribution >= 4 is 44.2 Å². The third-order valence-corrected chi connectivity index (χ3v) is 8.28. The monoisotopic (exact) mass is 471 g/mol. The van der Waals surface area contributed by atoms with Crippen molar-refractivity contribution in [2.24, 2.45) is 0 Å². The molecule has 1 heterocycles. The Labute approximate surface area is 190 Å². The van der Waals surface area contributed by atoms with Crippen molar-refractivity contribution in [3.05, 3.63) is 76.8 Å². The largest absolute Gasteiger partial charge is 0.339 e. The number of amides is 1. The number of fused-ring (bicyclic) bond motifs is 1. The number of hydrogen-bond donors (Lipinski definition) is 0. The lowest BCUT2D eigenvalue weighted by Crippen LogP contribution is -2.51. The first-order valence-corrected chi connectivity index (χ1v) is 12.4. The van der Waals surface area contributed by atoms with Crippen molar-refractivity contribution < 1.29 is 18.1 Å². The number of sulfonamides is 1. The van der Waals surface area contributed by atoms with Crippen LogP contribution in [0.25, 0.3) is 10.8 Å². The minimum atomic E-state index is -4.01. The zero-order chi connectivity index (χ0) is 22.7. The summed E-state index contributed by atoms with van der Waals surface area (Å²) in [6.07, 6.45) is 0. The van der Waals surface area contributed by atoms with Gasteiger partial charge in [-0.3, -0.25) is 14.9 Å². The number of nitro groups is 1. The maximum Gasteiger partial charge on any atom is 0.289 e. The van der Waals surface area contributed by atoms with Gasteiger partial charge in [-0.15, -0.1) is 11.8 Å². The Kier molecular flexibility index (Phi) is 6.45. The Hall–Kier alpha value is -2.95. The Morgan fingerprint density at radius 3 is 2.31 bits per heavy atom. The van der Waals surface area contributed by atoms with Gasteiger partial charge in [-0.25, -0.2) is 8.42 Å². The van der Waals surface area contributed by atoms with Crippen molar-refractivity contribution in [3.8, 4) is 0 Å². The molecule has 4 rings (SSSR count). The molecule has 0 spiro atoms. The van der Waals surface area contributed by atoms with Gasteiger partial charge in [-0.2, -0.15) is 4.31 Å². The molecular weight excluding hydrogens is 450 g/mol. The number of nitro benzene ring substituents is 1. The first kappa shape index (κ1) is 22.3. The van der Waals surface area contributed by atoms with E-state index in [9.17, 15) is 23.3 Å². The average molecular weight is 472 g/mol. The second-order valence-electron chi connectivity index (χ2n) is 7.31. The van der Waals surface area contributed by atoms with E-state index >= 15 is 0 Å². The fraction of sp³-hybridized carbons (Fsp3) is 0.227. The van der Waals surface area contributed by atoms with E-state index < -0.39 is 20.6 Å². The highest BCUT2D eigenvalue weighted by Gasteiger charge is 2.34. The van der Waals surface area contributed by atoms with E-state index in [2.05, 4.69) is 0 Å². The van der Waals surface area contributed by atoms with Crippen molar-refractivity contribution in [1.82, 2.24) is 9.21 Å². The number of carbonyl (C=O) groups is 1. The Morgan fingerprint density at radius 1 is 0.938 bits per heavy atom. The molecule has 0 aliphatic carbocycles. The highest BCUT2D eigenvalue weighted by atomic mass is 32.2. The molecule has 0 aromatic heterocycles. The summed E-state index contributed by atoms with van der Waals surface area (Å²) in [5.41, 5.74) is -0.446. The first-order chi connectivity index (χ1) is 15.4. The van der Waals surface area contributed by atoms with Crippen molar-refractivity contribution in [2.45, 2.75) is 9.79 Å². The fourth-order valence-electron chi connectivity index (χ4n) is 3.64. The van der Waals surface area contributed by atoms with E-state index in [4.69, 9.17) is 0 Å². The lowest BCUT2D eigenvalue weighted by Gasteiger charge is -2.33. The number of thioether (sulfide) groups is 1. The van der Waals surface area contributed by atoms with Gasteiger partial charge in [0.2, 0.25) is 15.9 Å². The molecule has 0 N–H and O–H groups in total. The minimum Gasteiger partial charge on any atom is -0.339 e. The molecule has 1 aliphatic heterocycles. The zero-order valence-electron chi connectivity index (χ0n) is 17.1. The maximum atomic E-state index is 12.9. The summed E-state index contributed by atoms with van der Waals surface area (Å²) in [6, 6.07) is 19.4. The molecule has 0 unspecified atom stereocenters. The fourth-order valence-corrected chi connectivity index (χ4v) is 6.06. The molecular formula is C22H21N3O5S2. The third-order valence-electron chi connectivity index (χ3n) is 5.35. The molecule has 1 amide bonds. The molecule has 1 saturated heterocycles. The van der Waals surface area contributed by atoms with Gasteiger partial charge >= 0.3 is 0 Å². The minimum absolute atomic E-state index is 0.0640. The predicted molar refractivity (Wildman–Crippen MR) is 123 cm³/mol. The Morgan fingerprint density at radius 2 is 1.59 bits per heavy atom. The standard InChI is InChI=1S/C22H21N3O5S2/c26-22(16-31-19-10-9-17-5-1-2-6-18(17)15-19)23-11-13-24(14-12-23)32(29,30)21-8-4-3-7-20(21)25(27)28/h1-10,15H,11-14,16H2. The molecule has 3 aromatic carbocycles. The lowest BCUT2D eigenvalue weighted by molar-refractivity contribution is -0.387. The highest BCUT2D eigenvalue weighted by Crippen LogP contribution is 2.27. The number of rotatable bonds is 6. The van der Waals surface area contributed by atoms with Gasteiger partial charge < -0.3 is 4.90 Å². The topological polar surface area (TPSA) is 101 Å². The number of piperazine rings is 1. The van der Waals surface area contributed by atoms with Crippen LogP contribution >= 0.6 is 11.8 Å². The molecule has 32 heavy (non-hydrogen) atoms. The van der Waals surface area contributed by atoms with Gasteiger partial charge in [0.1, 0.15) is 0 Å². The predicted octanol–water partition coefficient (Wildman–Crippen LogP) is 3.37. The van der Waals surface area contributed by atoms with Crippen LogP contribution in [0.4, 0.5) is 5.69 Å². The number of para-hydroxylation sites is 1. The van der Waals surface area contributed by atoms with E-state index in [0.29, 0.717) is 0 Å². The first-order valence-electron chi connectivity index (χ1n) is 9.99. The maximum absolute atomic E-state index is 12.9. The van der Waals surface area contributed by atoms with Crippen LogP contribution in [0, 0.1) is 10.1 Å². The Bertz CT molecular complexity index is 1270. The van der Waals surface area contributed by atoms with Crippen LogP contribution in [0.3, 0.4) is 0 Å². The van der Waals surface area contributed by atoms with E-state index in [0.717, 1.165) is 15.7 Å². The van der Waals surface area contributed by atoms with Crippen LogP contribution in [0.5, 0.6) is 0 Å². The molecule has 0 bridgehead atoms. The summed E-state index contributed by atoms with van der Waals surface area (Å²) in [6.45, 7) is 0.690. The zero-order valence-corrected chi connectivity index (χ0v) is 18.7. The van der Waals surface area contributed by atoms with E-state index in [1.165, 1.54) is 40.3 Å². The molecule has 3 aromatic rings. The van der Waals surface area contributed by atoms with Crippen LogP contribution in [0.1, 0.15) is 0 Å². The van der Waals surface area contributed by atoms with Crippen LogP contribution < -0.4 is 0 Å². The summed E-state index contributed by atoms with van der Waals surface area (Å²) < 4.78 is 27.0. The van der Waals surface area contributed by atoms with Gasteiger partial charge in [0, 0.05) is 37.1 Å². The lowest BCUT2D eigenvalue weighted by atomic mass is 10.1. The molecule has 0 saturated carbocycles. The third kappa shape index (κ3) is 4.62. The second-order valence-corrected chi connectivity index (χ2v) is 10.3.